The Morgan fingerprint density at radius 3 is 1.28 bits per heavy atom. The lowest BCUT2D eigenvalue weighted by Crippen LogP contribution is -2.32. The van der Waals surface area contributed by atoms with Crippen LogP contribution in [-0.4, -0.2) is 85.9 Å². The van der Waals surface area contributed by atoms with Gasteiger partial charge in [-0.05, 0) is 60.1 Å². The summed E-state index contributed by atoms with van der Waals surface area (Å²) in [6, 6.07) is 7.39. The summed E-state index contributed by atoms with van der Waals surface area (Å²) in [5.41, 5.74) is 6.43. The number of rotatable bonds is 6. The van der Waals surface area contributed by atoms with E-state index in [1.807, 2.05) is 26.0 Å². The molecule has 2 N–H and O–H groups in total. The minimum absolute atomic E-state index is 0.0765. The van der Waals surface area contributed by atoms with Crippen molar-refractivity contribution < 1.29 is 58.4 Å². The number of methoxy groups -OCH3 is 6. The second-order valence-corrected chi connectivity index (χ2v) is 15.5. The van der Waals surface area contributed by atoms with Crippen molar-refractivity contribution >= 4 is 31.8 Å². The SMILES string of the molecule is C1CCOC1.COc1cc(OC)c2c(c1)[C@H](OC)[C@@H](C)C1=C2CCOS(=O)(=O)N1.COc1cc(OC)c2c(c1)[C@H](OC)[C@@H](C)C1=C2CCOS(=O)(=O)N1. The summed E-state index contributed by atoms with van der Waals surface area (Å²) in [4.78, 5) is 0. The molecule has 2 aliphatic carbocycles. The minimum Gasteiger partial charge on any atom is -0.497 e. The lowest BCUT2D eigenvalue weighted by atomic mass is 9.79. The van der Waals surface area contributed by atoms with Gasteiger partial charge in [-0.2, -0.15) is 16.8 Å². The number of nitrogens with one attached hydrogen (secondary N) is 2. The van der Waals surface area contributed by atoms with Crippen molar-refractivity contribution in [1.29, 1.82) is 0 Å². The van der Waals surface area contributed by atoms with Crippen LogP contribution in [-0.2, 0) is 43.2 Å². The van der Waals surface area contributed by atoms with E-state index in [-0.39, 0.29) is 37.3 Å². The van der Waals surface area contributed by atoms with Gasteiger partial charge in [-0.15, -0.1) is 0 Å². The first-order valence-electron chi connectivity index (χ1n) is 17.3. The summed E-state index contributed by atoms with van der Waals surface area (Å²) in [5, 5.41) is 0. The maximum atomic E-state index is 12.0. The molecule has 0 aromatic heterocycles. The molecule has 0 radical (unpaired) electrons. The molecule has 5 aliphatic rings. The van der Waals surface area contributed by atoms with E-state index in [2.05, 4.69) is 9.44 Å². The molecule has 4 atom stereocenters. The summed E-state index contributed by atoms with van der Waals surface area (Å²) >= 11 is 0. The van der Waals surface area contributed by atoms with Crippen molar-refractivity contribution in [3.63, 3.8) is 0 Å². The van der Waals surface area contributed by atoms with Crippen molar-refractivity contribution in [2.75, 3.05) is 69.1 Å². The maximum absolute atomic E-state index is 12.0. The molecule has 0 saturated carbocycles. The van der Waals surface area contributed by atoms with Gasteiger partial charge < -0.3 is 33.2 Å². The van der Waals surface area contributed by atoms with E-state index in [9.17, 15) is 16.8 Å². The van der Waals surface area contributed by atoms with Crippen LogP contribution in [0, 0.1) is 11.8 Å². The highest BCUT2D eigenvalue weighted by Crippen LogP contribution is 2.50. The molecule has 0 amide bonds. The van der Waals surface area contributed by atoms with E-state index in [0.717, 1.165) is 46.6 Å². The van der Waals surface area contributed by atoms with Gasteiger partial charge in [-0.3, -0.25) is 17.8 Å². The van der Waals surface area contributed by atoms with E-state index in [1.165, 1.54) is 12.8 Å². The Morgan fingerprint density at radius 2 is 0.981 bits per heavy atom. The Hall–Kier alpha value is -3.58. The second-order valence-electron chi connectivity index (χ2n) is 12.8. The molecule has 0 spiro atoms. The van der Waals surface area contributed by atoms with E-state index in [1.54, 1.807) is 54.8 Å². The molecule has 2 aromatic rings. The molecule has 0 unspecified atom stereocenters. The number of ether oxygens (including phenoxy) is 7. The first kappa shape index (κ1) is 40.6. The van der Waals surface area contributed by atoms with Crippen molar-refractivity contribution in [2.45, 2.75) is 51.7 Å². The van der Waals surface area contributed by atoms with Crippen LogP contribution < -0.4 is 28.4 Å². The molecule has 7 rings (SSSR count). The van der Waals surface area contributed by atoms with E-state index in [0.29, 0.717) is 47.2 Å². The third kappa shape index (κ3) is 8.71. The monoisotopic (exact) mass is 782 g/mol. The normalized spacial score (nSPS) is 25.1. The molecule has 294 valence electrons. The summed E-state index contributed by atoms with van der Waals surface area (Å²) in [7, 11) is 1.90. The van der Waals surface area contributed by atoms with Crippen molar-refractivity contribution in [2.24, 2.45) is 11.8 Å². The highest BCUT2D eigenvalue weighted by atomic mass is 32.2. The summed E-state index contributed by atoms with van der Waals surface area (Å²) in [6.07, 6.45) is 2.81. The number of hydrogen-bond acceptors (Lipinski definition) is 13. The predicted molar refractivity (Wildman–Crippen MR) is 196 cm³/mol. The van der Waals surface area contributed by atoms with Gasteiger partial charge in [0, 0.05) is 73.9 Å². The molecule has 0 bridgehead atoms. The average molecular weight is 783 g/mol. The predicted octanol–water partition coefficient (Wildman–Crippen LogP) is 4.81. The molecule has 3 heterocycles. The Kier molecular flexibility index (Phi) is 13.2. The lowest BCUT2D eigenvalue weighted by Gasteiger charge is -2.34. The minimum atomic E-state index is -3.82. The molecule has 1 saturated heterocycles. The fourth-order valence-electron chi connectivity index (χ4n) is 7.37. The Morgan fingerprint density at radius 1 is 0.585 bits per heavy atom. The second kappa shape index (κ2) is 17.3. The zero-order chi connectivity index (χ0) is 38.5. The van der Waals surface area contributed by atoms with E-state index >= 15 is 0 Å². The standard InChI is InChI=1S/2C16H21NO6S.C4H8O/c2*1-9-15-11(5-6-23-24(18,19)17-15)14-12(16(9)22-4)7-10(20-2)8-13(14)21-3;1-2-4-5-3-1/h2*7-9,16-17H,5-6H2,1-4H3;1-4H2/t2*9-,16+;/m00./s1. The molecule has 1 fully saturated rings. The molecule has 53 heavy (non-hydrogen) atoms. The van der Waals surface area contributed by atoms with Gasteiger partial charge >= 0.3 is 20.6 Å². The smallest absolute Gasteiger partial charge is 0.359 e. The van der Waals surface area contributed by atoms with E-state index < -0.39 is 20.6 Å². The number of fused-ring (bicyclic) bond motifs is 4. The highest BCUT2D eigenvalue weighted by Gasteiger charge is 2.40. The third-order valence-corrected chi connectivity index (χ3v) is 11.7. The van der Waals surface area contributed by atoms with Crippen LogP contribution in [0.25, 0.3) is 11.1 Å². The van der Waals surface area contributed by atoms with Crippen LogP contribution in [0.1, 0.15) is 74.0 Å². The van der Waals surface area contributed by atoms with Crippen LogP contribution in [0.2, 0.25) is 0 Å². The van der Waals surface area contributed by atoms with Gasteiger partial charge in [0.25, 0.3) is 0 Å². The number of benzene rings is 2. The van der Waals surface area contributed by atoms with Crippen LogP contribution >= 0.6 is 0 Å². The fourth-order valence-corrected chi connectivity index (χ4v) is 9.25. The first-order chi connectivity index (χ1) is 25.3. The van der Waals surface area contributed by atoms with Gasteiger partial charge in [0.15, 0.2) is 0 Å². The summed E-state index contributed by atoms with van der Waals surface area (Å²) < 4.78 is 101. The van der Waals surface area contributed by atoms with Gasteiger partial charge in [0.05, 0.1) is 53.9 Å². The third-order valence-electron chi connectivity index (χ3n) is 9.80. The quantitative estimate of drug-likeness (QED) is 0.409. The first-order valence-corrected chi connectivity index (χ1v) is 20.1. The number of hydrogen-bond donors (Lipinski definition) is 2. The molecule has 15 nitrogen and oxygen atoms in total. The maximum Gasteiger partial charge on any atom is 0.359 e. The molecule has 17 heteroatoms. The Balaban J connectivity index is 0.000000180. The fraction of sp³-hybridized carbons (Fsp3) is 0.556. The van der Waals surface area contributed by atoms with Gasteiger partial charge in [-0.25, -0.2) is 0 Å². The molecule has 2 aromatic carbocycles. The van der Waals surface area contributed by atoms with Gasteiger partial charge in [-0.1, -0.05) is 13.8 Å². The summed E-state index contributed by atoms with van der Waals surface area (Å²) in [5.74, 6) is 2.18. The Labute approximate surface area is 312 Å². The van der Waals surface area contributed by atoms with Crippen molar-refractivity contribution in [3.05, 3.63) is 57.9 Å². The van der Waals surface area contributed by atoms with Crippen molar-refractivity contribution in [1.82, 2.24) is 9.44 Å². The van der Waals surface area contributed by atoms with E-state index in [4.69, 9.17) is 41.5 Å². The largest absolute Gasteiger partial charge is 0.497 e. The van der Waals surface area contributed by atoms with Crippen LogP contribution in [0.3, 0.4) is 0 Å². The Bertz CT molecular complexity index is 1780. The van der Waals surface area contributed by atoms with Gasteiger partial charge in [0.2, 0.25) is 0 Å². The zero-order valence-corrected chi connectivity index (χ0v) is 33.0. The average Bonchev–Trinajstić information content (AvgIpc) is 3.63. The van der Waals surface area contributed by atoms with Crippen molar-refractivity contribution in [3.8, 4) is 23.0 Å². The summed E-state index contributed by atoms with van der Waals surface area (Å²) in [6.45, 7) is 6.00. The lowest BCUT2D eigenvalue weighted by molar-refractivity contribution is 0.0669. The highest BCUT2D eigenvalue weighted by molar-refractivity contribution is 7.85. The topological polar surface area (TPSA) is 175 Å². The van der Waals surface area contributed by atoms with Crippen LogP contribution in [0.4, 0.5) is 0 Å². The van der Waals surface area contributed by atoms with Crippen LogP contribution in [0.15, 0.2) is 35.7 Å². The van der Waals surface area contributed by atoms with Crippen LogP contribution in [0.5, 0.6) is 23.0 Å². The van der Waals surface area contributed by atoms with Gasteiger partial charge in [0.1, 0.15) is 23.0 Å². The molecule has 3 aliphatic heterocycles. The molecular weight excluding hydrogens is 733 g/mol. The zero-order valence-electron chi connectivity index (χ0n) is 31.4. The molecular formula is C36H50N2O13S2.